The molecular formula is C20H24N4O. The number of benzene rings is 1. The van der Waals surface area contributed by atoms with Gasteiger partial charge in [-0.1, -0.05) is 29.8 Å². The first-order chi connectivity index (χ1) is 12.1. The number of anilines is 1. The Hall–Kier alpha value is -2.74. The Kier molecular flexibility index (Phi) is 5.08. The molecule has 1 aromatic heterocycles. The van der Waals surface area contributed by atoms with Crippen molar-refractivity contribution in [3.8, 4) is 6.07 Å². The SMILES string of the molecule is Cc1cccc(Cc2c(N)cc(C#N)n2CC(=O)N2CCCCC2)c1. The minimum atomic E-state index is 0.0669. The summed E-state index contributed by atoms with van der Waals surface area (Å²) in [7, 11) is 0. The van der Waals surface area contributed by atoms with Crippen LogP contribution in [0, 0.1) is 18.3 Å². The van der Waals surface area contributed by atoms with Gasteiger partial charge in [0.15, 0.2) is 0 Å². The van der Waals surface area contributed by atoms with E-state index in [1.165, 1.54) is 12.0 Å². The zero-order valence-corrected chi connectivity index (χ0v) is 14.7. The number of likely N-dealkylation sites (tertiary alicyclic amines) is 1. The van der Waals surface area contributed by atoms with Gasteiger partial charge in [0.05, 0.1) is 5.69 Å². The molecule has 1 aliphatic heterocycles. The minimum absolute atomic E-state index is 0.0669. The number of aryl methyl sites for hydroxylation is 1. The van der Waals surface area contributed by atoms with Crippen molar-refractivity contribution in [3.05, 3.63) is 52.8 Å². The van der Waals surface area contributed by atoms with Crippen LogP contribution < -0.4 is 5.73 Å². The monoisotopic (exact) mass is 336 g/mol. The van der Waals surface area contributed by atoms with Crippen molar-refractivity contribution in [2.24, 2.45) is 0 Å². The molecule has 0 spiro atoms. The molecule has 1 aliphatic rings. The van der Waals surface area contributed by atoms with Crippen molar-refractivity contribution in [1.82, 2.24) is 9.47 Å². The highest BCUT2D eigenvalue weighted by atomic mass is 16.2. The van der Waals surface area contributed by atoms with Crippen LogP contribution in [0.15, 0.2) is 30.3 Å². The second-order valence-electron chi connectivity index (χ2n) is 6.74. The van der Waals surface area contributed by atoms with E-state index in [0.717, 1.165) is 37.2 Å². The summed E-state index contributed by atoms with van der Waals surface area (Å²) in [5.74, 6) is 0.0669. The number of piperidine rings is 1. The second-order valence-corrected chi connectivity index (χ2v) is 6.74. The Morgan fingerprint density at radius 1 is 1.24 bits per heavy atom. The lowest BCUT2D eigenvalue weighted by Crippen LogP contribution is -2.38. The molecule has 1 saturated heterocycles. The molecule has 1 amide bonds. The third-order valence-corrected chi connectivity index (χ3v) is 4.81. The summed E-state index contributed by atoms with van der Waals surface area (Å²) in [6.07, 6.45) is 3.91. The standard InChI is InChI=1S/C20H24N4O/c1-15-6-5-7-16(10-15)11-19-18(22)12-17(13-21)24(19)14-20(25)23-8-3-2-4-9-23/h5-7,10,12H,2-4,8-9,11,14,22H2,1H3. The molecule has 2 aromatic rings. The fraction of sp³-hybridized carbons (Fsp3) is 0.400. The van der Waals surface area contributed by atoms with Gasteiger partial charge in [-0.2, -0.15) is 5.26 Å². The lowest BCUT2D eigenvalue weighted by molar-refractivity contribution is -0.132. The zero-order chi connectivity index (χ0) is 17.8. The lowest BCUT2D eigenvalue weighted by Gasteiger charge is -2.27. The molecule has 130 valence electrons. The van der Waals surface area contributed by atoms with Crippen LogP contribution in [0.2, 0.25) is 0 Å². The number of nitrogens with zero attached hydrogens (tertiary/aromatic N) is 3. The van der Waals surface area contributed by atoms with Gasteiger partial charge in [-0.15, -0.1) is 0 Å². The van der Waals surface area contributed by atoms with Crippen LogP contribution in [0.4, 0.5) is 5.69 Å². The molecule has 0 unspecified atom stereocenters. The maximum Gasteiger partial charge on any atom is 0.242 e. The summed E-state index contributed by atoms with van der Waals surface area (Å²) in [6.45, 7) is 3.85. The molecule has 0 atom stereocenters. The van der Waals surface area contributed by atoms with Crippen molar-refractivity contribution in [2.75, 3.05) is 18.8 Å². The maximum absolute atomic E-state index is 12.7. The molecule has 2 heterocycles. The highest BCUT2D eigenvalue weighted by Gasteiger charge is 2.21. The van der Waals surface area contributed by atoms with E-state index in [-0.39, 0.29) is 12.5 Å². The largest absolute Gasteiger partial charge is 0.397 e. The lowest BCUT2D eigenvalue weighted by atomic mass is 10.1. The molecule has 0 aliphatic carbocycles. The van der Waals surface area contributed by atoms with Gasteiger partial charge in [-0.05, 0) is 37.8 Å². The average molecular weight is 336 g/mol. The molecular weight excluding hydrogens is 312 g/mol. The summed E-state index contributed by atoms with van der Waals surface area (Å²) in [5, 5.41) is 9.44. The quantitative estimate of drug-likeness (QED) is 0.933. The number of amides is 1. The number of hydrogen-bond donors (Lipinski definition) is 1. The first kappa shape index (κ1) is 17.1. The van der Waals surface area contributed by atoms with Crippen molar-refractivity contribution in [1.29, 1.82) is 5.26 Å². The summed E-state index contributed by atoms with van der Waals surface area (Å²) in [5.41, 5.74) is 10.3. The zero-order valence-electron chi connectivity index (χ0n) is 14.7. The van der Waals surface area contributed by atoms with Gasteiger partial charge in [-0.3, -0.25) is 4.79 Å². The highest BCUT2D eigenvalue weighted by molar-refractivity contribution is 5.77. The highest BCUT2D eigenvalue weighted by Crippen LogP contribution is 2.23. The minimum Gasteiger partial charge on any atom is -0.397 e. The van der Waals surface area contributed by atoms with E-state index < -0.39 is 0 Å². The second kappa shape index (κ2) is 7.43. The van der Waals surface area contributed by atoms with Crippen LogP contribution >= 0.6 is 0 Å². The van der Waals surface area contributed by atoms with Gasteiger partial charge in [0.2, 0.25) is 5.91 Å². The first-order valence-corrected chi connectivity index (χ1v) is 8.80. The smallest absolute Gasteiger partial charge is 0.242 e. The van der Waals surface area contributed by atoms with Crippen molar-refractivity contribution >= 4 is 11.6 Å². The Morgan fingerprint density at radius 2 is 2.00 bits per heavy atom. The summed E-state index contributed by atoms with van der Waals surface area (Å²) in [6, 6.07) is 12.1. The van der Waals surface area contributed by atoms with Crippen LogP contribution in [0.5, 0.6) is 0 Å². The summed E-state index contributed by atoms with van der Waals surface area (Å²) >= 11 is 0. The van der Waals surface area contributed by atoms with Crippen LogP contribution in [0.25, 0.3) is 0 Å². The Bertz CT molecular complexity index is 810. The third-order valence-electron chi connectivity index (χ3n) is 4.81. The molecule has 5 heteroatoms. The number of nitriles is 1. The maximum atomic E-state index is 12.7. The van der Waals surface area contributed by atoms with Gasteiger partial charge in [0, 0.05) is 25.2 Å². The van der Waals surface area contributed by atoms with Crippen LogP contribution in [-0.4, -0.2) is 28.5 Å². The third kappa shape index (κ3) is 3.85. The van der Waals surface area contributed by atoms with Gasteiger partial charge >= 0.3 is 0 Å². The molecule has 0 saturated carbocycles. The molecule has 5 nitrogen and oxygen atoms in total. The van der Waals surface area contributed by atoms with E-state index in [2.05, 4.69) is 12.1 Å². The molecule has 1 fully saturated rings. The topological polar surface area (TPSA) is 75.0 Å². The Balaban J connectivity index is 1.87. The Morgan fingerprint density at radius 3 is 2.68 bits per heavy atom. The van der Waals surface area contributed by atoms with Crippen LogP contribution in [-0.2, 0) is 17.8 Å². The fourth-order valence-corrected chi connectivity index (χ4v) is 3.47. The fourth-order valence-electron chi connectivity index (χ4n) is 3.47. The van der Waals surface area contributed by atoms with Gasteiger partial charge < -0.3 is 15.2 Å². The Labute approximate surface area is 148 Å². The van der Waals surface area contributed by atoms with Gasteiger partial charge in [0.1, 0.15) is 18.3 Å². The van der Waals surface area contributed by atoms with Gasteiger partial charge in [-0.25, -0.2) is 0 Å². The van der Waals surface area contributed by atoms with E-state index in [1.807, 2.05) is 30.0 Å². The van der Waals surface area contributed by atoms with Crippen LogP contribution in [0.1, 0.15) is 41.8 Å². The van der Waals surface area contributed by atoms with E-state index in [0.29, 0.717) is 17.8 Å². The average Bonchev–Trinajstić information content (AvgIpc) is 2.91. The first-order valence-electron chi connectivity index (χ1n) is 8.80. The normalized spacial score (nSPS) is 14.3. The number of carbonyl (C=O) groups excluding carboxylic acids is 1. The van der Waals surface area contributed by atoms with E-state index in [9.17, 15) is 10.1 Å². The summed E-state index contributed by atoms with van der Waals surface area (Å²) < 4.78 is 1.79. The van der Waals surface area contributed by atoms with Crippen LogP contribution in [0.3, 0.4) is 0 Å². The number of aromatic nitrogens is 1. The summed E-state index contributed by atoms with van der Waals surface area (Å²) in [4.78, 5) is 14.6. The number of hydrogen-bond acceptors (Lipinski definition) is 3. The molecule has 0 radical (unpaired) electrons. The van der Waals surface area contributed by atoms with E-state index >= 15 is 0 Å². The molecule has 2 N–H and O–H groups in total. The van der Waals surface area contributed by atoms with Crippen molar-refractivity contribution in [3.63, 3.8) is 0 Å². The predicted molar refractivity (Wildman–Crippen MR) is 98.0 cm³/mol. The number of carbonyl (C=O) groups is 1. The molecule has 25 heavy (non-hydrogen) atoms. The molecule has 1 aromatic carbocycles. The number of nitrogens with two attached hydrogens (primary N) is 1. The molecule has 3 rings (SSSR count). The number of rotatable bonds is 4. The van der Waals surface area contributed by atoms with Crippen molar-refractivity contribution < 1.29 is 4.79 Å². The molecule has 0 bridgehead atoms. The van der Waals surface area contributed by atoms with E-state index in [1.54, 1.807) is 10.6 Å². The van der Waals surface area contributed by atoms with Crippen molar-refractivity contribution in [2.45, 2.75) is 39.2 Å². The number of nitrogen functional groups attached to an aromatic ring is 1. The predicted octanol–water partition coefficient (Wildman–Crippen LogP) is 2.85. The van der Waals surface area contributed by atoms with Gasteiger partial charge in [0.25, 0.3) is 0 Å². The van der Waals surface area contributed by atoms with E-state index in [4.69, 9.17) is 5.73 Å².